The summed E-state index contributed by atoms with van der Waals surface area (Å²) in [5.41, 5.74) is 4.54. The average Bonchev–Trinajstić information content (AvgIpc) is 3.61. The maximum Gasteiger partial charge on any atom is 0.335 e. The Morgan fingerprint density at radius 2 is 1.66 bits per heavy atom. The van der Waals surface area contributed by atoms with Crippen molar-refractivity contribution < 1.29 is 14.7 Å². The van der Waals surface area contributed by atoms with Crippen molar-refractivity contribution in [2.24, 2.45) is 56.7 Å². The van der Waals surface area contributed by atoms with Crippen molar-refractivity contribution in [3.05, 3.63) is 69.7 Å². The first-order chi connectivity index (χ1) is 22.1. The predicted molar refractivity (Wildman–Crippen MR) is 191 cm³/mol. The molecule has 9 atom stereocenters. The van der Waals surface area contributed by atoms with Crippen LogP contribution in [0.3, 0.4) is 0 Å². The van der Waals surface area contributed by atoms with Crippen molar-refractivity contribution in [3.8, 4) is 0 Å². The molecule has 1 N–H and O–H groups in total. The van der Waals surface area contributed by atoms with E-state index < -0.39 is 5.97 Å². The Bertz CT molecular complexity index is 1650. The van der Waals surface area contributed by atoms with Gasteiger partial charge in [0.15, 0.2) is 0 Å². The van der Waals surface area contributed by atoms with Crippen LogP contribution in [0.15, 0.2) is 48.7 Å². The van der Waals surface area contributed by atoms with E-state index in [1.54, 1.807) is 23.5 Å². The Morgan fingerprint density at radius 1 is 0.936 bits per heavy atom. The van der Waals surface area contributed by atoms with Crippen LogP contribution in [0, 0.1) is 63.6 Å². The second-order valence-corrected chi connectivity index (χ2v) is 19.1. The van der Waals surface area contributed by atoms with Gasteiger partial charge in [0.1, 0.15) is 10.8 Å². The first-order valence-electron chi connectivity index (χ1n) is 18.2. The van der Waals surface area contributed by atoms with Crippen LogP contribution in [0.5, 0.6) is 0 Å². The highest BCUT2D eigenvalue weighted by Crippen LogP contribution is 2.77. The zero-order valence-electron chi connectivity index (χ0n) is 29.7. The molecule has 4 saturated carbocycles. The van der Waals surface area contributed by atoms with Crippen molar-refractivity contribution in [3.63, 3.8) is 0 Å². The summed E-state index contributed by atoms with van der Waals surface area (Å²) in [6.45, 7) is 21.7. The predicted octanol–water partition coefficient (Wildman–Crippen LogP) is 10.6. The minimum Gasteiger partial charge on any atom is -0.478 e. The van der Waals surface area contributed by atoms with Crippen LogP contribution in [0.4, 0.5) is 0 Å². The summed E-state index contributed by atoms with van der Waals surface area (Å²) in [5, 5.41) is 10.5. The van der Waals surface area contributed by atoms with Gasteiger partial charge in [-0.05, 0) is 146 Å². The van der Waals surface area contributed by atoms with Crippen LogP contribution < -0.4 is 0 Å². The summed E-state index contributed by atoms with van der Waals surface area (Å²) in [6.07, 6.45) is 15.2. The third-order valence-electron chi connectivity index (χ3n) is 15.6. The molecule has 5 aliphatic carbocycles. The van der Waals surface area contributed by atoms with Gasteiger partial charge in [-0.1, -0.05) is 65.0 Å². The molecule has 1 aromatic heterocycles. The number of Topliss-reactive ketones (excluding diaryl/α,β-unsaturated/α-hetero) is 1. The molecule has 4 fully saturated rings. The molecule has 0 bridgehead atoms. The molecule has 1 heterocycles. The van der Waals surface area contributed by atoms with Gasteiger partial charge in [0.25, 0.3) is 0 Å². The fraction of sp³-hybridized carbons (Fsp3) is 0.643. The molecule has 252 valence electrons. The Morgan fingerprint density at radius 3 is 2.30 bits per heavy atom. The molecule has 5 aliphatic rings. The summed E-state index contributed by atoms with van der Waals surface area (Å²) in [7, 11) is 0. The van der Waals surface area contributed by atoms with Crippen LogP contribution in [0.2, 0.25) is 0 Å². The van der Waals surface area contributed by atoms with E-state index in [9.17, 15) is 14.7 Å². The number of aryl methyl sites for hydroxylation is 1. The van der Waals surface area contributed by atoms with E-state index in [-0.39, 0.29) is 27.1 Å². The molecule has 0 radical (unpaired) electrons. The van der Waals surface area contributed by atoms with Gasteiger partial charge in [0.2, 0.25) is 0 Å². The maximum atomic E-state index is 14.5. The zero-order valence-corrected chi connectivity index (χ0v) is 30.6. The van der Waals surface area contributed by atoms with Crippen molar-refractivity contribution in [2.45, 2.75) is 113 Å². The standard InChI is InChI=1S/C42H55NO3S/c1-25(2)29-15-20-42(34(44)23-35-43-24-26(3)47-35)22-21-40(7)31(36(29)42)13-14-33-39(6)18-16-30(27-9-11-28(12-10-27)37(45)46)38(4,5)32(39)17-19-41(33,40)8/h9-12,16,24,29,31-33,36H,1,13-15,17-23H2,2-8H3,(H,45,46)/t29-,31+,32-,33+,36+,39-,40+,41+,42+/m0/s1. The number of carbonyl (C=O) groups excluding carboxylic acids is 1. The fourth-order valence-corrected chi connectivity index (χ4v) is 14.1. The minimum absolute atomic E-state index is 0.00432. The third kappa shape index (κ3) is 4.60. The lowest BCUT2D eigenvalue weighted by atomic mass is 9.32. The molecule has 0 unspecified atom stereocenters. The second kappa shape index (κ2) is 11.0. The van der Waals surface area contributed by atoms with Gasteiger partial charge in [0, 0.05) is 16.5 Å². The molecule has 0 spiro atoms. The number of rotatable bonds is 6. The number of carbonyl (C=O) groups is 2. The lowest BCUT2D eigenvalue weighted by Gasteiger charge is -2.72. The van der Waals surface area contributed by atoms with Gasteiger partial charge < -0.3 is 5.11 Å². The van der Waals surface area contributed by atoms with E-state index in [1.165, 1.54) is 47.3 Å². The molecule has 0 amide bonds. The number of thiazole rings is 1. The van der Waals surface area contributed by atoms with Crippen molar-refractivity contribution in [1.82, 2.24) is 4.98 Å². The van der Waals surface area contributed by atoms with Crippen molar-refractivity contribution in [1.29, 1.82) is 0 Å². The monoisotopic (exact) mass is 653 g/mol. The number of hydrogen-bond acceptors (Lipinski definition) is 4. The Kier molecular flexibility index (Phi) is 7.71. The molecular weight excluding hydrogens is 599 g/mol. The summed E-state index contributed by atoms with van der Waals surface area (Å²) >= 11 is 1.69. The van der Waals surface area contributed by atoms with E-state index in [2.05, 4.69) is 66.1 Å². The molecule has 47 heavy (non-hydrogen) atoms. The second-order valence-electron chi connectivity index (χ2n) is 17.7. The number of hydrogen-bond donors (Lipinski definition) is 1. The minimum atomic E-state index is -0.872. The number of benzene rings is 1. The summed E-state index contributed by atoms with van der Waals surface area (Å²) in [6, 6.07) is 7.55. The summed E-state index contributed by atoms with van der Waals surface area (Å²) in [4.78, 5) is 31.8. The molecule has 4 nitrogen and oxygen atoms in total. The molecule has 2 aromatic rings. The number of nitrogens with zero attached hydrogens (tertiary/aromatic N) is 1. The molecule has 0 saturated heterocycles. The van der Waals surface area contributed by atoms with Gasteiger partial charge in [-0.15, -0.1) is 11.3 Å². The number of aromatic nitrogens is 1. The van der Waals surface area contributed by atoms with Gasteiger partial charge >= 0.3 is 5.97 Å². The van der Waals surface area contributed by atoms with Crippen LogP contribution in [-0.2, 0) is 11.2 Å². The largest absolute Gasteiger partial charge is 0.478 e. The quantitative estimate of drug-likeness (QED) is 0.315. The van der Waals surface area contributed by atoms with Crippen molar-refractivity contribution >= 4 is 28.7 Å². The van der Waals surface area contributed by atoms with Crippen LogP contribution in [0.1, 0.15) is 125 Å². The van der Waals surface area contributed by atoms with Crippen LogP contribution >= 0.6 is 11.3 Å². The van der Waals surface area contributed by atoms with Gasteiger partial charge in [-0.2, -0.15) is 0 Å². The van der Waals surface area contributed by atoms with Crippen LogP contribution in [-0.4, -0.2) is 21.8 Å². The van der Waals surface area contributed by atoms with Crippen LogP contribution in [0.25, 0.3) is 5.57 Å². The first kappa shape index (κ1) is 33.0. The number of fused-ring (bicyclic) bond motifs is 7. The normalized spacial score (nSPS) is 40.3. The highest BCUT2D eigenvalue weighted by molar-refractivity contribution is 7.11. The molecule has 1 aromatic carbocycles. The number of carboxylic acid groups (broad SMARTS) is 1. The Labute approximate surface area is 286 Å². The smallest absolute Gasteiger partial charge is 0.335 e. The molecular formula is C42H55NO3S. The summed E-state index contributed by atoms with van der Waals surface area (Å²) < 4.78 is 0. The van der Waals surface area contributed by atoms with E-state index in [0.29, 0.717) is 47.4 Å². The fourth-order valence-electron chi connectivity index (χ4n) is 13.3. The number of carboxylic acids is 1. The molecule has 5 heteroatoms. The van der Waals surface area contributed by atoms with Gasteiger partial charge in [-0.3, -0.25) is 4.79 Å². The highest BCUT2D eigenvalue weighted by Gasteiger charge is 2.71. The van der Waals surface area contributed by atoms with Gasteiger partial charge in [0.05, 0.1) is 12.0 Å². The average molecular weight is 654 g/mol. The number of aromatic carboxylic acids is 1. The van der Waals surface area contributed by atoms with E-state index >= 15 is 0 Å². The van der Waals surface area contributed by atoms with E-state index in [0.717, 1.165) is 37.1 Å². The van der Waals surface area contributed by atoms with E-state index in [1.807, 2.05) is 18.3 Å². The topological polar surface area (TPSA) is 67.3 Å². The highest BCUT2D eigenvalue weighted by atomic mass is 32.1. The lowest BCUT2D eigenvalue weighted by molar-refractivity contribution is -0.224. The molecule has 0 aliphatic heterocycles. The number of allylic oxidation sites excluding steroid dienone is 3. The Balaban J connectivity index is 1.22. The molecule has 7 rings (SSSR count). The first-order valence-corrected chi connectivity index (χ1v) is 19.0. The van der Waals surface area contributed by atoms with Gasteiger partial charge in [-0.25, -0.2) is 9.78 Å². The Hall–Kier alpha value is -2.53. The van der Waals surface area contributed by atoms with Crippen molar-refractivity contribution in [2.75, 3.05) is 0 Å². The summed E-state index contributed by atoms with van der Waals surface area (Å²) in [5.74, 6) is 2.13. The SMILES string of the molecule is C=C(C)[C@@H]1CC[C@]2(C(=O)Cc3ncc(C)s3)CC[C@]3(C)[C@H](CC[C@@H]4[C@@]5(C)CC=C(c6ccc(C(=O)O)cc6)C(C)(C)[C@@H]5CC[C@]43C)[C@@H]12. The maximum absolute atomic E-state index is 14.5. The zero-order chi connectivity index (χ0) is 33.7. The lowest BCUT2D eigenvalue weighted by Crippen LogP contribution is -2.66. The van der Waals surface area contributed by atoms with E-state index in [4.69, 9.17) is 0 Å². The third-order valence-corrected chi connectivity index (χ3v) is 16.5. The number of ketones is 1.